The maximum atomic E-state index is 14.5. The molecule has 3 aliphatic rings. The Balaban J connectivity index is 2.01. The number of hydrogen-bond acceptors (Lipinski definition) is 4. The molecule has 5 atom stereocenters. The summed E-state index contributed by atoms with van der Waals surface area (Å²) in [6.45, 7) is 18.4. The van der Waals surface area contributed by atoms with Gasteiger partial charge in [-0.05, 0) is 73.7 Å². The van der Waals surface area contributed by atoms with Crippen LogP contribution in [0, 0.1) is 49.7 Å². The van der Waals surface area contributed by atoms with Crippen molar-refractivity contribution < 1.29 is 18.8 Å². The molecule has 0 radical (unpaired) electrons. The monoisotopic (exact) mass is 511 g/mol. The number of Topliss-reactive ketones (excluding diaryl/α,β-unsaturated/α-hetero) is 1. The Kier molecular flexibility index (Phi) is 7.39. The fourth-order valence-electron chi connectivity index (χ4n) is 7.65. The number of carbonyl (C=O) groups excluding carboxylic acids is 3. The third-order valence-electron chi connectivity index (χ3n) is 11.3. The Labute approximate surface area is 223 Å². The van der Waals surface area contributed by atoms with Crippen molar-refractivity contribution in [1.82, 2.24) is 0 Å². The lowest BCUT2D eigenvalue weighted by atomic mass is 9.40. The first kappa shape index (κ1) is 29.5. The highest BCUT2D eigenvalue weighted by molar-refractivity contribution is 6.04. The van der Waals surface area contributed by atoms with Gasteiger partial charge < -0.3 is 0 Å². The Bertz CT molecular complexity index is 1110. The number of ketones is 2. The predicted molar refractivity (Wildman–Crippen MR) is 144 cm³/mol. The topological polar surface area (TPSA) is 75.0 Å². The minimum absolute atomic E-state index is 0.0203. The molecule has 0 spiro atoms. The molecule has 0 amide bonds. The Hall–Kier alpha value is -2.09. The molecule has 0 aromatic rings. The highest BCUT2D eigenvalue weighted by Crippen LogP contribution is 2.69. The van der Waals surface area contributed by atoms with E-state index in [9.17, 15) is 24.0 Å². The zero-order chi connectivity index (χ0) is 28.2. The van der Waals surface area contributed by atoms with E-state index < -0.39 is 27.7 Å². The highest BCUT2D eigenvalue weighted by atomic mass is 19.1. The normalized spacial score (nSPS) is 34.9. The summed E-state index contributed by atoms with van der Waals surface area (Å²) in [6, 6.07) is 0.848. The van der Waals surface area contributed by atoms with Crippen molar-refractivity contribution in [3.8, 4) is 6.07 Å². The zero-order valence-corrected chi connectivity index (χ0v) is 24.4. The van der Waals surface area contributed by atoms with Crippen molar-refractivity contribution in [3.63, 3.8) is 0 Å². The van der Waals surface area contributed by atoms with Gasteiger partial charge in [0.1, 0.15) is 6.07 Å². The van der Waals surface area contributed by atoms with Crippen molar-refractivity contribution >= 4 is 17.6 Å². The molecule has 5 heteroatoms. The molecule has 0 heterocycles. The molecule has 204 valence electrons. The first-order chi connectivity index (χ1) is 16.8. The van der Waals surface area contributed by atoms with Crippen molar-refractivity contribution in [2.45, 2.75) is 114 Å². The number of allylic oxidation sites excluding steroid dienone is 4. The second kappa shape index (κ2) is 9.28. The minimum Gasteiger partial charge on any atom is -0.295 e. The number of halogens is 1. The van der Waals surface area contributed by atoms with Gasteiger partial charge in [-0.1, -0.05) is 73.5 Å². The third-order valence-corrected chi connectivity index (χ3v) is 11.3. The molecule has 0 saturated heterocycles. The fraction of sp³-hybridized carbons (Fsp3) is 0.750. The summed E-state index contributed by atoms with van der Waals surface area (Å²) in [7, 11) is 0. The number of hydrogen-bond donors (Lipinski definition) is 0. The van der Waals surface area contributed by atoms with Gasteiger partial charge in [-0.25, -0.2) is 0 Å². The maximum absolute atomic E-state index is 14.5. The molecule has 3 aliphatic carbocycles. The lowest BCUT2D eigenvalue weighted by Gasteiger charge is -2.63. The number of nitrogens with zero attached hydrogens (tertiary/aromatic N) is 1. The molecule has 0 aliphatic heterocycles. The quantitative estimate of drug-likeness (QED) is 0.311. The minimum atomic E-state index is -1.27. The molecule has 0 aromatic heterocycles. The van der Waals surface area contributed by atoms with Gasteiger partial charge in [-0.2, -0.15) is 9.65 Å². The summed E-state index contributed by atoms with van der Waals surface area (Å²) >= 11 is 0. The van der Waals surface area contributed by atoms with Crippen LogP contribution in [0.3, 0.4) is 0 Å². The van der Waals surface area contributed by atoms with Crippen LogP contribution in [0.25, 0.3) is 0 Å². The number of fused-ring (bicyclic) bond motifs is 3. The number of rotatable bonds is 8. The highest BCUT2D eigenvalue weighted by Gasteiger charge is 2.63. The third kappa shape index (κ3) is 4.68. The van der Waals surface area contributed by atoms with Gasteiger partial charge in [0.05, 0.1) is 11.0 Å². The molecule has 4 nitrogen and oxygen atoms in total. The Morgan fingerprint density at radius 3 is 2.27 bits per heavy atom. The van der Waals surface area contributed by atoms with Gasteiger partial charge in [-0.15, -0.1) is 0 Å². The van der Waals surface area contributed by atoms with Gasteiger partial charge in [0.15, 0.2) is 11.6 Å². The summed E-state index contributed by atoms with van der Waals surface area (Å²) in [4.78, 5) is 38.6. The first-order valence-corrected chi connectivity index (χ1v) is 14.0. The van der Waals surface area contributed by atoms with Gasteiger partial charge in [0, 0.05) is 17.3 Å². The van der Waals surface area contributed by atoms with Crippen LogP contribution in [0.2, 0.25) is 0 Å². The molecule has 0 N–H and O–H groups in total. The van der Waals surface area contributed by atoms with Crippen molar-refractivity contribution in [3.05, 3.63) is 23.3 Å². The Morgan fingerprint density at radius 2 is 1.73 bits per heavy atom. The van der Waals surface area contributed by atoms with Crippen LogP contribution in [-0.2, 0) is 14.4 Å². The smallest absolute Gasteiger partial charge is 0.295 e. The molecule has 0 bridgehead atoms. The summed E-state index contributed by atoms with van der Waals surface area (Å²) in [5.74, 6) is -0.120. The second-order valence-electron chi connectivity index (χ2n) is 14.5. The number of nitriles is 1. The number of carbonyl (C=O) groups is 3. The van der Waals surface area contributed by atoms with Crippen LogP contribution < -0.4 is 0 Å². The van der Waals surface area contributed by atoms with Gasteiger partial charge in [0.2, 0.25) is 0 Å². The zero-order valence-electron chi connectivity index (χ0n) is 24.4. The van der Waals surface area contributed by atoms with E-state index in [1.165, 1.54) is 0 Å². The average Bonchev–Trinajstić information content (AvgIpc) is 2.80. The van der Waals surface area contributed by atoms with E-state index in [0.29, 0.717) is 25.7 Å². The molecular formula is C32H46FNO3. The van der Waals surface area contributed by atoms with Crippen LogP contribution in [0.1, 0.15) is 114 Å². The summed E-state index contributed by atoms with van der Waals surface area (Å²) in [5.41, 5.74) is -2.03. The van der Waals surface area contributed by atoms with E-state index in [-0.39, 0.29) is 33.9 Å². The molecule has 1 saturated carbocycles. The molecule has 37 heavy (non-hydrogen) atoms. The lowest BCUT2D eigenvalue weighted by Crippen LogP contribution is -2.57. The van der Waals surface area contributed by atoms with E-state index in [1.54, 1.807) is 13.0 Å². The van der Waals surface area contributed by atoms with Crippen LogP contribution in [0.5, 0.6) is 0 Å². The lowest BCUT2D eigenvalue weighted by molar-refractivity contribution is -0.141. The van der Waals surface area contributed by atoms with Gasteiger partial charge >= 0.3 is 6.04 Å². The molecule has 1 fully saturated rings. The standard InChI is InChI=1S/C32H46FNO3/c1-10-27(2,3)13-14-29(6,26(33)37)15-16-30(7)19-22(35)17-24-31(8)18-21(20-34)25(36)28(4,5)23(31)11-12-32(24,30)9/h17-18,23H,10-16,19H2,1-9H3/t23-,29-,30+,31-,32+/m0/s1. The van der Waals surface area contributed by atoms with E-state index in [1.807, 2.05) is 19.9 Å². The van der Waals surface area contributed by atoms with E-state index in [0.717, 1.165) is 31.3 Å². The van der Waals surface area contributed by atoms with Gasteiger partial charge in [-0.3, -0.25) is 14.4 Å². The maximum Gasteiger partial charge on any atom is 0.307 e. The predicted octanol–water partition coefficient (Wildman–Crippen LogP) is 7.87. The summed E-state index contributed by atoms with van der Waals surface area (Å²) in [5, 5.41) is 9.77. The van der Waals surface area contributed by atoms with Crippen molar-refractivity contribution in [1.29, 1.82) is 5.26 Å². The van der Waals surface area contributed by atoms with Crippen LogP contribution in [0.4, 0.5) is 4.39 Å². The van der Waals surface area contributed by atoms with E-state index in [2.05, 4.69) is 47.6 Å². The SMILES string of the molecule is CCC(C)(C)CC[C@@](C)(CC[C@]1(C)CC(=O)C=C2[C@@]3(C)C=C(C#N)C(=O)C(C)(C)[C@@H]3CC[C@]21C)C(=O)F. The van der Waals surface area contributed by atoms with Crippen molar-refractivity contribution in [2.24, 2.45) is 38.4 Å². The van der Waals surface area contributed by atoms with Crippen LogP contribution in [-0.4, -0.2) is 17.6 Å². The largest absolute Gasteiger partial charge is 0.307 e. The molecule has 0 unspecified atom stereocenters. The van der Waals surface area contributed by atoms with E-state index >= 15 is 0 Å². The van der Waals surface area contributed by atoms with Crippen LogP contribution in [0.15, 0.2) is 23.3 Å². The molecule has 3 rings (SSSR count). The molecule has 0 aromatic carbocycles. The second-order valence-corrected chi connectivity index (χ2v) is 14.5. The fourth-order valence-corrected chi connectivity index (χ4v) is 7.65. The Morgan fingerprint density at radius 1 is 1.11 bits per heavy atom. The average molecular weight is 512 g/mol. The van der Waals surface area contributed by atoms with Crippen molar-refractivity contribution in [2.75, 3.05) is 0 Å². The van der Waals surface area contributed by atoms with E-state index in [4.69, 9.17) is 0 Å². The van der Waals surface area contributed by atoms with Gasteiger partial charge in [0.25, 0.3) is 0 Å². The summed E-state index contributed by atoms with van der Waals surface area (Å²) < 4.78 is 14.5. The first-order valence-electron chi connectivity index (χ1n) is 14.0. The molecular weight excluding hydrogens is 465 g/mol. The van der Waals surface area contributed by atoms with Crippen LogP contribution >= 0.6 is 0 Å². The summed E-state index contributed by atoms with van der Waals surface area (Å²) in [6.07, 6.45) is 8.69.